The largest absolute Gasteiger partial charge is 0.300 e. The van der Waals surface area contributed by atoms with Crippen molar-refractivity contribution in [3.63, 3.8) is 0 Å². The van der Waals surface area contributed by atoms with Crippen LogP contribution in [0.4, 0.5) is 0 Å². The summed E-state index contributed by atoms with van der Waals surface area (Å²) in [4.78, 5) is 4.09. The summed E-state index contributed by atoms with van der Waals surface area (Å²) in [7, 11) is -1.76. The third-order valence-electron chi connectivity index (χ3n) is 2.06. The summed E-state index contributed by atoms with van der Waals surface area (Å²) < 4.78 is 24.1. The van der Waals surface area contributed by atoms with Crippen molar-refractivity contribution in [3.05, 3.63) is 24.4 Å². The summed E-state index contributed by atoms with van der Waals surface area (Å²) in [6.45, 7) is 0. The van der Waals surface area contributed by atoms with E-state index in [2.05, 4.69) is 15.2 Å². The van der Waals surface area contributed by atoms with Crippen LogP contribution in [0.15, 0.2) is 29.6 Å². The Labute approximate surface area is 92.9 Å². The van der Waals surface area contributed by atoms with Gasteiger partial charge in [-0.1, -0.05) is 6.07 Å². The maximum absolute atomic E-state index is 11.4. The highest BCUT2D eigenvalue weighted by Crippen LogP contribution is 2.15. The number of rotatable bonds is 2. The Morgan fingerprint density at radius 3 is 2.50 bits per heavy atom. The topological polar surface area (TPSA) is 77.7 Å². The second-order valence-electron chi connectivity index (χ2n) is 3.35. The van der Waals surface area contributed by atoms with E-state index in [4.69, 9.17) is 0 Å². The molecule has 7 heteroatoms. The van der Waals surface area contributed by atoms with E-state index in [0.29, 0.717) is 11.5 Å². The van der Waals surface area contributed by atoms with Crippen molar-refractivity contribution in [1.29, 1.82) is 0 Å². The van der Waals surface area contributed by atoms with Gasteiger partial charge in [-0.3, -0.25) is 9.55 Å². The second kappa shape index (κ2) is 3.67. The molecule has 0 amide bonds. The van der Waals surface area contributed by atoms with E-state index in [9.17, 15) is 8.42 Å². The maximum atomic E-state index is 11.4. The average molecular weight is 238 g/mol. The van der Waals surface area contributed by atoms with Crippen LogP contribution in [0.25, 0.3) is 11.5 Å². The fourth-order valence-corrected chi connectivity index (χ4v) is 2.13. The standard InChI is InChI=1S/C9H10N4O2S/c1-13-8(7-5-3-4-6-10-7)11-12-9(13)16(2,14)15/h3-6H,1-2H3. The third-order valence-corrected chi connectivity index (χ3v) is 3.08. The highest BCUT2D eigenvalue weighted by atomic mass is 32.2. The second-order valence-corrected chi connectivity index (χ2v) is 5.26. The molecule has 2 aromatic heterocycles. The maximum Gasteiger partial charge on any atom is 0.249 e. The summed E-state index contributed by atoms with van der Waals surface area (Å²) >= 11 is 0. The summed E-state index contributed by atoms with van der Waals surface area (Å²) in [5.41, 5.74) is 0.590. The molecule has 6 nitrogen and oxygen atoms in total. The predicted molar refractivity (Wildman–Crippen MR) is 57.3 cm³/mol. The number of aromatic nitrogens is 4. The molecule has 84 valence electrons. The van der Waals surface area contributed by atoms with Gasteiger partial charge in [0.2, 0.25) is 15.0 Å². The molecule has 0 atom stereocenters. The van der Waals surface area contributed by atoms with Crippen LogP contribution < -0.4 is 0 Å². The van der Waals surface area contributed by atoms with Gasteiger partial charge in [-0.2, -0.15) is 0 Å². The van der Waals surface area contributed by atoms with Crippen LogP contribution in [0.1, 0.15) is 0 Å². The molecule has 0 saturated heterocycles. The Hall–Kier alpha value is -1.76. The van der Waals surface area contributed by atoms with Crippen LogP contribution in [0.3, 0.4) is 0 Å². The Kier molecular flexibility index (Phi) is 2.47. The molecule has 0 fully saturated rings. The minimum Gasteiger partial charge on any atom is -0.300 e. The molecular formula is C9H10N4O2S. The molecule has 2 heterocycles. The van der Waals surface area contributed by atoms with Gasteiger partial charge in [0.25, 0.3) is 0 Å². The monoisotopic (exact) mass is 238 g/mol. The zero-order valence-corrected chi connectivity index (χ0v) is 9.64. The Bertz CT molecular complexity index is 604. The Morgan fingerprint density at radius 2 is 2.00 bits per heavy atom. The first kappa shape index (κ1) is 10.7. The summed E-state index contributed by atoms with van der Waals surface area (Å²) in [5, 5.41) is 7.41. The van der Waals surface area contributed by atoms with E-state index >= 15 is 0 Å². The number of hydrogen-bond donors (Lipinski definition) is 0. The van der Waals surface area contributed by atoms with Gasteiger partial charge in [-0.25, -0.2) is 8.42 Å². The fourth-order valence-electron chi connectivity index (χ4n) is 1.36. The summed E-state index contributed by atoms with van der Waals surface area (Å²) in [6.07, 6.45) is 2.71. The lowest BCUT2D eigenvalue weighted by atomic mass is 10.3. The van der Waals surface area contributed by atoms with Crippen LogP contribution >= 0.6 is 0 Å². The highest BCUT2D eigenvalue weighted by Gasteiger charge is 2.18. The average Bonchev–Trinajstić information content (AvgIpc) is 2.61. The highest BCUT2D eigenvalue weighted by molar-refractivity contribution is 7.90. The first-order valence-corrected chi connectivity index (χ1v) is 6.40. The van der Waals surface area contributed by atoms with Crippen molar-refractivity contribution in [2.24, 2.45) is 7.05 Å². The number of pyridine rings is 1. The van der Waals surface area contributed by atoms with Crippen molar-refractivity contribution in [3.8, 4) is 11.5 Å². The molecule has 0 aliphatic heterocycles. The zero-order chi connectivity index (χ0) is 11.8. The molecule has 0 N–H and O–H groups in total. The van der Waals surface area contributed by atoms with Gasteiger partial charge < -0.3 is 0 Å². The molecule has 2 rings (SSSR count). The Balaban J connectivity index is 2.59. The number of nitrogens with zero attached hydrogens (tertiary/aromatic N) is 4. The van der Waals surface area contributed by atoms with Crippen molar-refractivity contribution < 1.29 is 8.42 Å². The Morgan fingerprint density at radius 1 is 1.25 bits per heavy atom. The van der Waals surface area contributed by atoms with Gasteiger partial charge in [-0.05, 0) is 12.1 Å². The van der Waals surface area contributed by atoms with E-state index in [1.165, 1.54) is 4.57 Å². The van der Waals surface area contributed by atoms with Crippen molar-refractivity contribution in [1.82, 2.24) is 19.7 Å². The van der Waals surface area contributed by atoms with Crippen LogP contribution in [0.2, 0.25) is 0 Å². The molecule has 0 unspecified atom stereocenters. The van der Waals surface area contributed by atoms with E-state index in [0.717, 1.165) is 6.26 Å². The first-order valence-electron chi connectivity index (χ1n) is 4.51. The molecule has 0 aromatic carbocycles. The minimum absolute atomic E-state index is 0.0619. The van der Waals surface area contributed by atoms with Gasteiger partial charge in [0.15, 0.2) is 5.82 Å². The summed E-state index contributed by atoms with van der Waals surface area (Å²) in [5.74, 6) is 0.432. The molecule has 0 radical (unpaired) electrons. The molecule has 0 saturated carbocycles. The fraction of sp³-hybridized carbons (Fsp3) is 0.222. The van der Waals surface area contributed by atoms with Crippen molar-refractivity contribution in [2.45, 2.75) is 5.16 Å². The summed E-state index contributed by atoms with van der Waals surface area (Å²) in [6, 6.07) is 5.32. The molecule has 0 spiro atoms. The molecular weight excluding hydrogens is 228 g/mol. The molecule has 0 aliphatic rings. The van der Waals surface area contributed by atoms with Crippen molar-refractivity contribution >= 4 is 9.84 Å². The zero-order valence-electron chi connectivity index (χ0n) is 8.82. The van der Waals surface area contributed by atoms with Gasteiger partial charge >= 0.3 is 0 Å². The van der Waals surface area contributed by atoms with Gasteiger partial charge in [0.1, 0.15) is 5.69 Å². The first-order chi connectivity index (χ1) is 7.50. The number of hydrogen-bond acceptors (Lipinski definition) is 5. The van der Waals surface area contributed by atoms with Crippen LogP contribution in [0, 0.1) is 0 Å². The molecule has 0 bridgehead atoms. The van der Waals surface area contributed by atoms with E-state index < -0.39 is 9.84 Å². The number of sulfone groups is 1. The quantitative estimate of drug-likeness (QED) is 0.751. The minimum atomic E-state index is -3.36. The SMILES string of the molecule is Cn1c(-c2ccccn2)nnc1S(C)(=O)=O. The smallest absolute Gasteiger partial charge is 0.249 e. The van der Waals surface area contributed by atoms with E-state index in [1.807, 2.05) is 0 Å². The predicted octanol–water partition coefficient (Wildman–Crippen LogP) is 0.281. The lowest BCUT2D eigenvalue weighted by Crippen LogP contribution is -2.06. The molecule has 0 aliphatic carbocycles. The van der Waals surface area contributed by atoms with E-state index in [-0.39, 0.29) is 5.16 Å². The van der Waals surface area contributed by atoms with Gasteiger partial charge in [0, 0.05) is 19.5 Å². The van der Waals surface area contributed by atoms with Crippen LogP contribution in [-0.4, -0.2) is 34.4 Å². The van der Waals surface area contributed by atoms with Crippen LogP contribution in [-0.2, 0) is 16.9 Å². The normalized spacial score (nSPS) is 11.6. The lowest BCUT2D eigenvalue weighted by molar-refractivity contribution is 0.584. The third kappa shape index (κ3) is 1.81. The van der Waals surface area contributed by atoms with Gasteiger partial charge in [-0.15, -0.1) is 10.2 Å². The van der Waals surface area contributed by atoms with Crippen LogP contribution in [0.5, 0.6) is 0 Å². The van der Waals surface area contributed by atoms with Crippen molar-refractivity contribution in [2.75, 3.05) is 6.26 Å². The van der Waals surface area contributed by atoms with Gasteiger partial charge in [0.05, 0.1) is 0 Å². The molecule has 16 heavy (non-hydrogen) atoms. The van der Waals surface area contributed by atoms with E-state index in [1.54, 1.807) is 31.4 Å². The molecule has 2 aromatic rings. The lowest BCUT2D eigenvalue weighted by Gasteiger charge is -2.01.